The smallest absolute Gasteiger partial charge is 0.236 e. The summed E-state index contributed by atoms with van der Waals surface area (Å²) in [6, 6.07) is 3.66. The number of fused-ring (bicyclic) bond motifs is 1. The highest BCUT2D eigenvalue weighted by atomic mass is 79.9. The van der Waals surface area contributed by atoms with Crippen molar-refractivity contribution in [3.05, 3.63) is 22.2 Å². The molecule has 0 saturated heterocycles. The molecule has 7 heteroatoms. The third-order valence-electron chi connectivity index (χ3n) is 3.33. The van der Waals surface area contributed by atoms with Gasteiger partial charge in [-0.1, -0.05) is 29.8 Å². The molecule has 4 N–H and O–H groups in total. The summed E-state index contributed by atoms with van der Waals surface area (Å²) >= 11 is 3.40. The Morgan fingerprint density at radius 1 is 1.42 bits per heavy atom. The second-order valence-electron chi connectivity index (χ2n) is 5.39. The third kappa shape index (κ3) is 2.46. The SMILES string of the molecule is CC1(C)CN(S(=O)(=O)CCN)c2c(N)cc(Br)cc21. The molecule has 0 aromatic heterocycles. The molecule has 1 heterocycles. The monoisotopic (exact) mass is 347 g/mol. The predicted octanol–water partition coefficient (Wildman–Crippen LogP) is 1.42. The van der Waals surface area contributed by atoms with E-state index in [4.69, 9.17) is 11.5 Å². The first-order valence-electron chi connectivity index (χ1n) is 5.99. The molecular formula is C12H18BrN3O2S. The van der Waals surface area contributed by atoms with Crippen LogP contribution in [0.2, 0.25) is 0 Å². The molecule has 0 aliphatic carbocycles. The summed E-state index contributed by atoms with van der Waals surface area (Å²) in [6.07, 6.45) is 0. The van der Waals surface area contributed by atoms with E-state index >= 15 is 0 Å². The number of sulfonamides is 1. The fraction of sp³-hybridized carbons (Fsp3) is 0.500. The van der Waals surface area contributed by atoms with E-state index in [1.807, 2.05) is 19.9 Å². The molecule has 2 rings (SSSR count). The summed E-state index contributed by atoms with van der Waals surface area (Å²) in [5, 5.41) is 0. The standard InChI is InChI=1S/C12H18BrN3O2S/c1-12(2)7-16(19(17,18)4-3-14)11-9(12)5-8(13)6-10(11)15/h5-6H,3-4,7,14-15H2,1-2H3. The summed E-state index contributed by atoms with van der Waals surface area (Å²) in [7, 11) is -3.42. The van der Waals surface area contributed by atoms with Crippen molar-refractivity contribution in [1.29, 1.82) is 0 Å². The van der Waals surface area contributed by atoms with Gasteiger partial charge in [-0.25, -0.2) is 8.42 Å². The van der Waals surface area contributed by atoms with Gasteiger partial charge in [0.25, 0.3) is 0 Å². The Morgan fingerprint density at radius 3 is 2.63 bits per heavy atom. The van der Waals surface area contributed by atoms with E-state index < -0.39 is 10.0 Å². The number of nitrogens with two attached hydrogens (primary N) is 2. The van der Waals surface area contributed by atoms with Gasteiger partial charge in [-0.3, -0.25) is 4.31 Å². The molecule has 1 aliphatic rings. The van der Waals surface area contributed by atoms with Crippen molar-refractivity contribution < 1.29 is 8.42 Å². The van der Waals surface area contributed by atoms with Crippen molar-refractivity contribution in [3.63, 3.8) is 0 Å². The summed E-state index contributed by atoms with van der Waals surface area (Å²) in [5.41, 5.74) is 13.1. The normalized spacial score (nSPS) is 17.6. The van der Waals surface area contributed by atoms with E-state index in [-0.39, 0.29) is 17.7 Å². The minimum Gasteiger partial charge on any atom is -0.397 e. The van der Waals surface area contributed by atoms with Gasteiger partial charge in [-0.15, -0.1) is 0 Å². The lowest BCUT2D eigenvalue weighted by Gasteiger charge is -2.22. The zero-order valence-corrected chi connectivity index (χ0v) is 13.4. The van der Waals surface area contributed by atoms with Crippen LogP contribution in [0.5, 0.6) is 0 Å². The molecule has 5 nitrogen and oxygen atoms in total. The van der Waals surface area contributed by atoms with Gasteiger partial charge in [0.15, 0.2) is 0 Å². The summed E-state index contributed by atoms with van der Waals surface area (Å²) in [4.78, 5) is 0. The zero-order chi connectivity index (χ0) is 14.4. The highest BCUT2D eigenvalue weighted by Gasteiger charge is 2.41. The molecule has 1 aromatic rings. The number of hydrogen-bond acceptors (Lipinski definition) is 4. The van der Waals surface area contributed by atoms with E-state index in [2.05, 4.69) is 15.9 Å². The Kier molecular flexibility index (Phi) is 3.57. The second-order valence-corrected chi connectivity index (χ2v) is 8.31. The lowest BCUT2D eigenvalue weighted by molar-refractivity contribution is 0.554. The second kappa shape index (κ2) is 4.64. The van der Waals surface area contributed by atoms with Gasteiger partial charge < -0.3 is 11.5 Å². The highest BCUT2D eigenvalue weighted by Crippen LogP contribution is 2.46. The molecule has 0 radical (unpaired) electrons. The molecular weight excluding hydrogens is 330 g/mol. The van der Waals surface area contributed by atoms with E-state index in [1.54, 1.807) is 6.07 Å². The van der Waals surface area contributed by atoms with Gasteiger partial charge in [0.2, 0.25) is 10.0 Å². The number of hydrogen-bond donors (Lipinski definition) is 2. The van der Waals surface area contributed by atoms with Crippen LogP contribution in [-0.2, 0) is 15.4 Å². The van der Waals surface area contributed by atoms with Crippen LogP contribution in [0.1, 0.15) is 19.4 Å². The van der Waals surface area contributed by atoms with Crippen LogP contribution in [0.25, 0.3) is 0 Å². The van der Waals surface area contributed by atoms with Crippen molar-refractivity contribution in [2.24, 2.45) is 5.73 Å². The summed E-state index contributed by atoms with van der Waals surface area (Å²) < 4.78 is 26.9. The van der Waals surface area contributed by atoms with Crippen LogP contribution >= 0.6 is 15.9 Å². The summed E-state index contributed by atoms with van der Waals surface area (Å²) in [5.74, 6) is -0.0714. The lowest BCUT2D eigenvalue weighted by atomic mass is 9.87. The molecule has 0 atom stereocenters. The molecule has 0 spiro atoms. The molecule has 0 bridgehead atoms. The van der Waals surface area contributed by atoms with E-state index in [9.17, 15) is 8.42 Å². The first kappa shape index (κ1) is 14.6. The van der Waals surface area contributed by atoms with Crippen LogP contribution in [-0.4, -0.2) is 27.3 Å². The van der Waals surface area contributed by atoms with Gasteiger partial charge in [0.05, 0.1) is 17.1 Å². The molecule has 19 heavy (non-hydrogen) atoms. The van der Waals surface area contributed by atoms with Crippen LogP contribution in [0.4, 0.5) is 11.4 Å². The van der Waals surface area contributed by atoms with Crippen LogP contribution in [0.15, 0.2) is 16.6 Å². The van der Waals surface area contributed by atoms with Crippen LogP contribution < -0.4 is 15.8 Å². The van der Waals surface area contributed by atoms with Crippen molar-refractivity contribution in [1.82, 2.24) is 0 Å². The lowest BCUT2D eigenvalue weighted by Crippen LogP contribution is -2.37. The Labute approximate surface area is 122 Å². The Hall–Kier alpha value is -0.790. The van der Waals surface area contributed by atoms with E-state index in [0.29, 0.717) is 17.9 Å². The average Bonchev–Trinajstić information content (AvgIpc) is 2.52. The molecule has 1 aliphatic heterocycles. The fourth-order valence-electron chi connectivity index (χ4n) is 2.43. The van der Waals surface area contributed by atoms with Crippen LogP contribution in [0, 0.1) is 0 Å². The van der Waals surface area contributed by atoms with E-state index in [0.717, 1.165) is 10.0 Å². The van der Waals surface area contributed by atoms with Gasteiger partial charge in [-0.2, -0.15) is 0 Å². The third-order valence-corrected chi connectivity index (χ3v) is 5.53. The predicted molar refractivity (Wildman–Crippen MR) is 81.8 cm³/mol. The van der Waals surface area contributed by atoms with Gasteiger partial charge >= 0.3 is 0 Å². The maximum absolute atomic E-state index is 12.3. The Balaban J connectivity index is 2.62. The number of benzene rings is 1. The van der Waals surface area contributed by atoms with Crippen molar-refractivity contribution >= 4 is 37.3 Å². The largest absolute Gasteiger partial charge is 0.397 e. The molecule has 0 unspecified atom stereocenters. The number of halogens is 1. The van der Waals surface area contributed by atoms with Crippen molar-refractivity contribution in [2.45, 2.75) is 19.3 Å². The van der Waals surface area contributed by atoms with Crippen molar-refractivity contribution in [3.8, 4) is 0 Å². The van der Waals surface area contributed by atoms with Gasteiger partial charge in [0.1, 0.15) is 0 Å². The van der Waals surface area contributed by atoms with Gasteiger partial charge in [-0.05, 0) is 17.7 Å². The molecule has 106 valence electrons. The number of nitrogens with zero attached hydrogens (tertiary/aromatic N) is 1. The quantitative estimate of drug-likeness (QED) is 0.809. The highest BCUT2D eigenvalue weighted by molar-refractivity contribution is 9.10. The average molecular weight is 348 g/mol. The Bertz CT molecular complexity index is 614. The first-order chi connectivity index (χ1) is 8.69. The summed E-state index contributed by atoms with van der Waals surface area (Å²) in [6.45, 7) is 4.52. The van der Waals surface area contributed by atoms with Crippen LogP contribution in [0.3, 0.4) is 0 Å². The number of anilines is 2. The molecule has 1 aromatic carbocycles. The van der Waals surface area contributed by atoms with E-state index in [1.165, 1.54) is 4.31 Å². The number of rotatable bonds is 3. The first-order valence-corrected chi connectivity index (χ1v) is 8.39. The fourth-order valence-corrected chi connectivity index (χ4v) is 4.43. The molecule has 0 amide bonds. The minimum absolute atomic E-state index is 0.0714. The maximum atomic E-state index is 12.3. The Morgan fingerprint density at radius 2 is 2.05 bits per heavy atom. The number of nitrogen functional groups attached to an aromatic ring is 1. The topological polar surface area (TPSA) is 89.4 Å². The zero-order valence-electron chi connectivity index (χ0n) is 11.0. The van der Waals surface area contributed by atoms with Crippen molar-refractivity contribution in [2.75, 3.05) is 28.9 Å². The maximum Gasteiger partial charge on any atom is 0.236 e. The molecule has 0 saturated carbocycles. The molecule has 0 fully saturated rings. The van der Waals surface area contributed by atoms with Gasteiger partial charge in [0, 0.05) is 23.0 Å². The minimum atomic E-state index is -3.42.